The molecule has 0 aliphatic heterocycles. The number of nitrogens with one attached hydrogen (secondary N) is 1. The van der Waals surface area contributed by atoms with Crippen molar-refractivity contribution in [2.24, 2.45) is 0 Å². The molecule has 0 rings (SSSR count). The Morgan fingerprint density at radius 3 is 2.25 bits per heavy atom. The predicted molar refractivity (Wildman–Crippen MR) is 56.4 cm³/mol. The zero-order chi connectivity index (χ0) is 9.07. The van der Waals surface area contributed by atoms with E-state index in [0.29, 0.717) is 0 Å². The molecule has 0 aliphatic rings. The molecule has 0 spiro atoms. The van der Waals surface area contributed by atoms with Crippen LogP contribution in [0.25, 0.3) is 0 Å². The third-order valence-electron chi connectivity index (χ3n) is 1.94. The molecule has 72 valence electrons. The van der Waals surface area contributed by atoms with Crippen molar-refractivity contribution in [2.75, 3.05) is 13.6 Å². The van der Waals surface area contributed by atoms with Gasteiger partial charge in [-0.3, -0.25) is 0 Å². The van der Waals surface area contributed by atoms with Crippen molar-refractivity contribution in [3.63, 3.8) is 0 Å². The first kappa shape index (κ1) is 11.7. The molecule has 0 saturated heterocycles. The Morgan fingerprint density at radius 2 is 1.67 bits per heavy atom. The average molecular weight is 169 g/mol. The maximum absolute atomic E-state index is 3.15. The summed E-state index contributed by atoms with van der Waals surface area (Å²) in [4.78, 5) is 0. The first-order valence-corrected chi connectivity index (χ1v) is 5.21. The topological polar surface area (TPSA) is 12.0 Å². The van der Waals surface area contributed by atoms with Crippen LogP contribution in [0.4, 0.5) is 0 Å². The van der Waals surface area contributed by atoms with Crippen LogP contribution in [0.5, 0.6) is 0 Å². The second-order valence-electron chi connectivity index (χ2n) is 3.21. The largest absolute Gasteiger partial charge is 0.320 e. The second-order valence-corrected chi connectivity index (χ2v) is 3.21. The number of hydrogen-bond acceptors (Lipinski definition) is 1. The van der Waals surface area contributed by atoms with Crippen LogP contribution in [0.1, 0.15) is 45.4 Å². The molecule has 0 bridgehead atoms. The minimum atomic E-state index is 1.14. The lowest BCUT2D eigenvalue weighted by Crippen LogP contribution is -2.06. The van der Waals surface area contributed by atoms with Crippen LogP contribution in [0, 0.1) is 0 Å². The first-order chi connectivity index (χ1) is 5.91. The fraction of sp³-hybridized carbons (Fsp3) is 0.818. The van der Waals surface area contributed by atoms with Gasteiger partial charge in [-0.1, -0.05) is 31.9 Å². The summed E-state index contributed by atoms with van der Waals surface area (Å²) in [5.41, 5.74) is 0. The van der Waals surface area contributed by atoms with Crippen molar-refractivity contribution >= 4 is 0 Å². The van der Waals surface area contributed by atoms with Crippen LogP contribution < -0.4 is 5.32 Å². The van der Waals surface area contributed by atoms with E-state index in [0.717, 1.165) is 6.54 Å². The molecule has 0 amide bonds. The van der Waals surface area contributed by atoms with Crippen LogP contribution in [-0.4, -0.2) is 13.6 Å². The zero-order valence-electron chi connectivity index (χ0n) is 8.60. The van der Waals surface area contributed by atoms with Gasteiger partial charge in [0, 0.05) is 0 Å². The van der Waals surface area contributed by atoms with Gasteiger partial charge < -0.3 is 5.32 Å². The molecule has 0 unspecified atom stereocenters. The van der Waals surface area contributed by atoms with Crippen LogP contribution in [0.15, 0.2) is 12.2 Å². The third kappa shape index (κ3) is 9.70. The van der Waals surface area contributed by atoms with Crippen LogP contribution in [-0.2, 0) is 0 Å². The normalized spacial score (nSPS) is 11.2. The maximum Gasteiger partial charge on any atom is -0.00490 e. The standard InChI is InChI=1S/C11H23N/c1-3-4-5-6-7-8-9-10-11-12-2/h7-8,12H,3-6,9-11H2,1-2H3/b8-7+. The Labute approximate surface area is 77.2 Å². The van der Waals surface area contributed by atoms with Crippen molar-refractivity contribution in [2.45, 2.75) is 45.4 Å². The highest BCUT2D eigenvalue weighted by molar-refractivity contribution is 4.81. The molecule has 12 heavy (non-hydrogen) atoms. The van der Waals surface area contributed by atoms with E-state index < -0.39 is 0 Å². The SMILES string of the molecule is CCCCC/C=C/CCCNC. The Balaban J connectivity index is 2.93. The van der Waals surface area contributed by atoms with Crippen molar-refractivity contribution in [1.29, 1.82) is 0 Å². The second kappa shape index (κ2) is 10.7. The third-order valence-corrected chi connectivity index (χ3v) is 1.94. The Hall–Kier alpha value is -0.300. The summed E-state index contributed by atoms with van der Waals surface area (Å²) in [6.45, 7) is 3.38. The number of rotatable bonds is 8. The van der Waals surface area contributed by atoms with Gasteiger partial charge in [-0.05, 0) is 39.3 Å². The van der Waals surface area contributed by atoms with Gasteiger partial charge in [-0.2, -0.15) is 0 Å². The Morgan fingerprint density at radius 1 is 1.00 bits per heavy atom. The zero-order valence-corrected chi connectivity index (χ0v) is 8.60. The minimum absolute atomic E-state index is 1.14. The van der Waals surface area contributed by atoms with Crippen molar-refractivity contribution in [3.8, 4) is 0 Å². The molecule has 0 aromatic carbocycles. The van der Waals surface area contributed by atoms with E-state index in [1.54, 1.807) is 0 Å². The van der Waals surface area contributed by atoms with E-state index in [1.165, 1.54) is 38.5 Å². The maximum atomic E-state index is 3.15. The highest BCUT2D eigenvalue weighted by Gasteiger charge is 1.82. The van der Waals surface area contributed by atoms with E-state index in [9.17, 15) is 0 Å². The Bertz CT molecular complexity index is 85.2. The van der Waals surface area contributed by atoms with Gasteiger partial charge in [0.05, 0.1) is 0 Å². The molecule has 0 aromatic rings. The quantitative estimate of drug-likeness (QED) is 0.435. The fourth-order valence-corrected chi connectivity index (χ4v) is 1.14. The highest BCUT2D eigenvalue weighted by Crippen LogP contribution is 2.00. The number of allylic oxidation sites excluding steroid dienone is 2. The first-order valence-electron chi connectivity index (χ1n) is 5.21. The van der Waals surface area contributed by atoms with Gasteiger partial charge in [0.25, 0.3) is 0 Å². The van der Waals surface area contributed by atoms with Gasteiger partial charge >= 0.3 is 0 Å². The average Bonchev–Trinajstić information content (AvgIpc) is 2.10. The molecular weight excluding hydrogens is 146 g/mol. The van der Waals surface area contributed by atoms with E-state index in [2.05, 4.69) is 24.4 Å². The lowest BCUT2D eigenvalue weighted by molar-refractivity contribution is 0.719. The molecular formula is C11H23N. The lowest BCUT2D eigenvalue weighted by atomic mass is 10.2. The smallest absolute Gasteiger partial charge is 0.00490 e. The van der Waals surface area contributed by atoms with Crippen molar-refractivity contribution in [1.82, 2.24) is 5.32 Å². The molecule has 0 radical (unpaired) electrons. The molecule has 0 fully saturated rings. The summed E-state index contributed by atoms with van der Waals surface area (Å²) in [6, 6.07) is 0. The number of unbranched alkanes of at least 4 members (excludes halogenated alkanes) is 4. The predicted octanol–water partition coefficient (Wildman–Crippen LogP) is 3.12. The monoisotopic (exact) mass is 169 g/mol. The van der Waals surface area contributed by atoms with Gasteiger partial charge in [0.15, 0.2) is 0 Å². The molecule has 0 saturated carbocycles. The van der Waals surface area contributed by atoms with Crippen LogP contribution in [0.2, 0.25) is 0 Å². The summed E-state index contributed by atoms with van der Waals surface area (Å²) < 4.78 is 0. The molecule has 1 N–H and O–H groups in total. The summed E-state index contributed by atoms with van der Waals surface area (Å²) >= 11 is 0. The fourth-order valence-electron chi connectivity index (χ4n) is 1.14. The van der Waals surface area contributed by atoms with Crippen molar-refractivity contribution in [3.05, 3.63) is 12.2 Å². The highest BCUT2D eigenvalue weighted by atomic mass is 14.8. The molecule has 0 aliphatic carbocycles. The number of hydrogen-bond donors (Lipinski definition) is 1. The van der Waals surface area contributed by atoms with Gasteiger partial charge in [-0.25, -0.2) is 0 Å². The van der Waals surface area contributed by atoms with Crippen LogP contribution in [0.3, 0.4) is 0 Å². The summed E-state index contributed by atoms with van der Waals surface area (Å²) in [7, 11) is 2.00. The van der Waals surface area contributed by atoms with E-state index in [1.807, 2.05) is 7.05 Å². The lowest BCUT2D eigenvalue weighted by Gasteiger charge is -1.94. The summed E-state index contributed by atoms with van der Waals surface area (Å²) in [5, 5.41) is 3.15. The molecule has 0 aromatic heterocycles. The molecule has 0 atom stereocenters. The molecule has 1 heteroatoms. The van der Waals surface area contributed by atoms with E-state index in [4.69, 9.17) is 0 Å². The van der Waals surface area contributed by atoms with Gasteiger partial charge in [0.2, 0.25) is 0 Å². The molecule has 1 nitrogen and oxygen atoms in total. The van der Waals surface area contributed by atoms with E-state index in [-0.39, 0.29) is 0 Å². The summed E-state index contributed by atoms with van der Waals surface area (Å²) in [5.74, 6) is 0. The summed E-state index contributed by atoms with van der Waals surface area (Å²) in [6.07, 6.45) is 12.5. The minimum Gasteiger partial charge on any atom is -0.320 e. The van der Waals surface area contributed by atoms with E-state index >= 15 is 0 Å². The van der Waals surface area contributed by atoms with Crippen molar-refractivity contribution < 1.29 is 0 Å². The van der Waals surface area contributed by atoms with Gasteiger partial charge in [0.1, 0.15) is 0 Å². The Kier molecular flexibility index (Phi) is 10.4. The van der Waals surface area contributed by atoms with Gasteiger partial charge in [-0.15, -0.1) is 0 Å². The van der Waals surface area contributed by atoms with Crippen LogP contribution >= 0.6 is 0 Å². The molecule has 0 heterocycles.